The highest BCUT2D eigenvalue weighted by Crippen LogP contribution is 2.48. The van der Waals surface area contributed by atoms with Crippen molar-refractivity contribution in [2.45, 2.75) is 72.6 Å². The maximum atomic E-state index is 9.86. The van der Waals surface area contributed by atoms with E-state index in [1.807, 2.05) is 26.0 Å². The Labute approximate surface area is 198 Å². The molecule has 2 unspecified atom stereocenters. The summed E-state index contributed by atoms with van der Waals surface area (Å²) in [6.07, 6.45) is 0.473. The molecule has 31 heavy (non-hydrogen) atoms. The zero-order valence-electron chi connectivity index (χ0n) is 19.4. The zero-order chi connectivity index (χ0) is 23.7. The Morgan fingerprint density at radius 1 is 0.710 bits per heavy atom. The third-order valence-corrected chi connectivity index (χ3v) is 6.03. The Hall–Kier alpha value is -0.600. The molecular formula is C23H32Cl2O4P2. The second kappa shape index (κ2) is 10.1. The number of rotatable bonds is 6. The summed E-state index contributed by atoms with van der Waals surface area (Å²) in [7, 11) is -4.22. The van der Waals surface area contributed by atoms with E-state index >= 15 is 0 Å². The molecule has 0 aliphatic rings. The highest BCUT2D eigenvalue weighted by Gasteiger charge is 2.27. The SMILES string of the molecule is Cc1cc(Cc2cc(C)cc(C(C)(C)C)c2OP(O)Cl)c(OP(O)Cl)c(C(C)(C)C)c1. The summed E-state index contributed by atoms with van der Waals surface area (Å²) in [5.74, 6) is 1.17. The highest BCUT2D eigenvalue weighted by molar-refractivity contribution is 7.75. The zero-order valence-corrected chi connectivity index (χ0v) is 22.7. The first-order chi connectivity index (χ1) is 14.1. The van der Waals surface area contributed by atoms with Crippen molar-refractivity contribution in [1.29, 1.82) is 0 Å². The lowest BCUT2D eigenvalue weighted by Crippen LogP contribution is -2.15. The third-order valence-electron chi connectivity index (χ3n) is 4.95. The summed E-state index contributed by atoms with van der Waals surface area (Å²) in [4.78, 5) is 19.7. The minimum Gasteiger partial charge on any atom is -0.435 e. The van der Waals surface area contributed by atoms with E-state index in [-0.39, 0.29) is 10.8 Å². The van der Waals surface area contributed by atoms with Crippen LogP contribution in [-0.4, -0.2) is 9.79 Å². The monoisotopic (exact) mass is 504 g/mol. The van der Waals surface area contributed by atoms with Crippen molar-refractivity contribution in [3.8, 4) is 11.5 Å². The fraction of sp³-hybridized carbons (Fsp3) is 0.478. The predicted octanol–water partition coefficient (Wildman–Crippen LogP) is 8.16. The van der Waals surface area contributed by atoms with E-state index in [1.54, 1.807) is 0 Å². The van der Waals surface area contributed by atoms with Crippen LogP contribution < -0.4 is 9.05 Å². The summed E-state index contributed by atoms with van der Waals surface area (Å²) < 4.78 is 11.5. The fourth-order valence-electron chi connectivity index (χ4n) is 3.64. The Balaban J connectivity index is 2.75. The van der Waals surface area contributed by atoms with E-state index in [2.05, 4.69) is 53.7 Å². The Kier molecular flexibility index (Phi) is 8.70. The van der Waals surface area contributed by atoms with Crippen molar-refractivity contribution in [3.63, 3.8) is 0 Å². The topological polar surface area (TPSA) is 58.9 Å². The van der Waals surface area contributed by atoms with E-state index < -0.39 is 15.5 Å². The smallest absolute Gasteiger partial charge is 0.335 e. The molecule has 0 saturated carbocycles. The third kappa shape index (κ3) is 7.19. The van der Waals surface area contributed by atoms with Gasteiger partial charge in [0.1, 0.15) is 11.5 Å². The summed E-state index contributed by atoms with van der Waals surface area (Å²) in [5, 5.41) is 0. The molecule has 2 rings (SSSR count). The van der Waals surface area contributed by atoms with Gasteiger partial charge in [-0.2, -0.15) is 0 Å². The van der Waals surface area contributed by atoms with Gasteiger partial charge in [0, 0.05) is 17.5 Å². The minimum atomic E-state index is -2.11. The lowest BCUT2D eigenvalue weighted by Gasteiger charge is -2.28. The molecule has 2 atom stereocenters. The second-order valence-corrected chi connectivity index (χ2v) is 12.9. The first-order valence-corrected chi connectivity index (χ1v) is 14.3. The molecule has 0 bridgehead atoms. The molecule has 0 saturated heterocycles. The highest BCUT2D eigenvalue weighted by atomic mass is 35.7. The van der Waals surface area contributed by atoms with Gasteiger partial charge in [0.2, 0.25) is 0 Å². The lowest BCUT2D eigenvalue weighted by atomic mass is 9.81. The molecule has 172 valence electrons. The number of hydrogen-bond acceptors (Lipinski definition) is 4. The Bertz CT molecular complexity index is 857. The Morgan fingerprint density at radius 3 is 1.29 bits per heavy atom. The quantitative estimate of drug-likeness (QED) is 0.389. The molecule has 0 aromatic heterocycles. The number of benzene rings is 2. The molecule has 2 aromatic carbocycles. The molecule has 0 heterocycles. The lowest BCUT2D eigenvalue weighted by molar-refractivity contribution is 0.477. The predicted molar refractivity (Wildman–Crippen MR) is 134 cm³/mol. The maximum Gasteiger partial charge on any atom is 0.335 e. The second-order valence-electron chi connectivity index (χ2n) is 9.91. The summed E-state index contributed by atoms with van der Waals surface area (Å²) in [6, 6.07) is 8.19. The average molecular weight is 505 g/mol. The minimum absolute atomic E-state index is 0.212. The molecular weight excluding hydrogens is 473 g/mol. The van der Waals surface area contributed by atoms with Crippen LogP contribution in [0.1, 0.15) is 74.9 Å². The standard InChI is InChI=1S/C23H32Cl2O4P2/c1-14-9-16(20(28-30(24)26)18(11-14)22(3,4)5)13-17-10-15(2)12-19(23(6,7)8)21(17)29-31(25)27/h9-12,26-27H,13H2,1-8H3. The van der Waals surface area contributed by atoms with E-state index in [0.29, 0.717) is 17.9 Å². The van der Waals surface area contributed by atoms with Crippen LogP contribution >= 0.6 is 37.9 Å². The Morgan fingerprint density at radius 2 is 1.03 bits per heavy atom. The average Bonchev–Trinajstić information content (AvgIpc) is 2.56. The van der Waals surface area contributed by atoms with Gasteiger partial charge in [0.05, 0.1) is 0 Å². The summed E-state index contributed by atoms with van der Waals surface area (Å²) in [5.41, 5.74) is 5.45. The number of halogens is 2. The van der Waals surface area contributed by atoms with Gasteiger partial charge in [-0.3, -0.25) is 0 Å². The molecule has 0 aliphatic carbocycles. The van der Waals surface area contributed by atoms with Crippen LogP contribution in [0, 0.1) is 13.8 Å². The molecule has 0 aliphatic heterocycles. The van der Waals surface area contributed by atoms with Crippen molar-refractivity contribution in [1.82, 2.24) is 0 Å². The molecule has 0 spiro atoms. The van der Waals surface area contributed by atoms with Gasteiger partial charge in [0.15, 0.2) is 0 Å². The molecule has 4 nitrogen and oxygen atoms in total. The van der Waals surface area contributed by atoms with Gasteiger partial charge >= 0.3 is 15.5 Å². The van der Waals surface area contributed by atoms with Crippen LogP contribution in [0.4, 0.5) is 0 Å². The fourth-order valence-corrected chi connectivity index (χ4v) is 4.79. The molecule has 2 N–H and O–H groups in total. The van der Waals surface area contributed by atoms with Crippen LogP contribution in [0.25, 0.3) is 0 Å². The maximum absolute atomic E-state index is 9.86. The largest absolute Gasteiger partial charge is 0.435 e. The molecule has 0 radical (unpaired) electrons. The normalized spacial score (nSPS) is 14.3. The number of hydrogen-bond donors (Lipinski definition) is 2. The van der Waals surface area contributed by atoms with E-state index in [4.69, 9.17) is 31.5 Å². The first kappa shape index (κ1) is 26.7. The van der Waals surface area contributed by atoms with Crippen LogP contribution in [0.5, 0.6) is 11.5 Å². The molecule has 0 fully saturated rings. The van der Waals surface area contributed by atoms with Gasteiger partial charge in [-0.25, -0.2) is 0 Å². The van der Waals surface area contributed by atoms with Gasteiger partial charge in [-0.1, -0.05) is 76.9 Å². The van der Waals surface area contributed by atoms with E-state index in [9.17, 15) is 9.79 Å². The van der Waals surface area contributed by atoms with Crippen molar-refractivity contribution >= 4 is 37.9 Å². The van der Waals surface area contributed by atoms with Gasteiger partial charge in [-0.15, -0.1) is 0 Å². The molecule has 0 amide bonds. The van der Waals surface area contributed by atoms with Crippen LogP contribution in [0.3, 0.4) is 0 Å². The summed E-state index contributed by atoms with van der Waals surface area (Å²) >= 11 is 11.8. The molecule has 8 heteroatoms. The van der Waals surface area contributed by atoms with Crippen molar-refractivity contribution in [2.24, 2.45) is 0 Å². The van der Waals surface area contributed by atoms with Gasteiger partial charge < -0.3 is 18.8 Å². The summed E-state index contributed by atoms with van der Waals surface area (Å²) in [6.45, 7) is 16.6. The van der Waals surface area contributed by atoms with Crippen LogP contribution in [-0.2, 0) is 17.3 Å². The van der Waals surface area contributed by atoms with E-state index in [1.165, 1.54) is 0 Å². The van der Waals surface area contributed by atoms with Gasteiger partial charge in [0.25, 0.3) is 0 Å². The molecule has 2 aromatic rings. The van der Waals surface area contributed by atoms with Crippen LogP contribution in [0.15, 0.2) is 24.3 Å². The van der Waals surface area contributed by atoms with Crippen molar-refractivity contribution in [3.05, 3.63) is 57.6 Å². The first-order valence-electron chi connectivity index (χ1n) is 10.0. The van der Waals surface area contributed by atoms with Gasteiger partial charge in [-0.05, 0) is 58.3 Å². The number of aryl methyl sites for hydroxylation is 2. The van der Waals surface area contributed by atoms with Crippen LogP contribution in [0.2, 0.25) is 0 Å². The van der Waals surface area contributed by atoms with Crippen molar-refractivity contribution in [2.75, 3.05) is 0 Å². The van der Waals surface area contributed by atoms with E-state index in [0.717, 1.165) is 33.4 Å². The van der Waals surface area contributed by atoms with Crippen molar-refractivity contribution < 1.29 is 18.8 Å².